The first-order chi connectivity index (χ1) is 9.43. The third kappa shape index (κ3) is 3.32. The highest BCUT2D eigenvalue weighted by molar-refractivity contribution is 5.85. The van der Waals surface area contributed by atoms with E-state index in [1.165, 1.54) is 4.90 Å². The predicted octanol–water partition coefficient (Wildman–Crippen LogP) is 1.13. The first-order valence-electron chi connectivity index (χ1n) is 7.54. The number of carbonyl (C=O) groups is 2. The van der Waals surface area contributed by atoms with Crippen LogP contribution in [0.3, 0.4) is 0 Å². The predicted molar refractivity (Wildman–Crippen MR) is 76.2 cm³/mol. The molecule has 2 saturated heterocycles. The van der Waals surface area contributed by atoms with Crippen LogP contribution >= 0.6 is 0 Å². The molecule has 2 rings (SSSR count). The molecule has 5 heteroatoms. The zero-order chi connectivity index (χ0) is 14.8. The first-order valence-corrected chi connectivity index (χ1v) is 7.54. The molecule has 2 aliphatic heterocycles. The summed E-state index contributed by atoms with van der Waals surface area (Å²) in [5, 5.41) is 0. The Morgan fingerprint density at radius 2 is 2.10 bits per heavy atom. The van der Waals surface area contributed by atoms with E-state index in [0.29, 0.717) is 0 Å². The van der Waals surface area contributed by atoms with Crippen LogP contribution in [-0.2, 0) is 14.3 Å². The Bertz CT molecular complexity index is 375. The zero-order valence-electron chi connectivity index (χ0n) is 12.9. The second kappa shape index (κ2) is 6.12. The fourth-order valence-electron chi connectivity index (χ4n) is 3.20. The molecular weight excluding hydrogens is 256 g/mol. The molecule has 1 unspecified atom stereocenters. The molecule has 0 N–H and O–H groups in total. The minimum Gasteiger partial charge on any atom is -0.381 e. The average molecular weight is 282 g/mol. The van der Waals surface area contributed by atoms with Gasteiger partial charge in [-0.15, -0.1) is 0 Å². The number of ether oxygens (including phenoxy) is 1. The summed E-state index contributed by atoms with van der Waals surface area (Å²) < 4.78 is 5.58. The van der Waals surface area contributed by atoms with Crippen LogP contribution in [0.2, 0.25) is 0 Å². The lowest BCUT2D eigenvalue weighted by Crippen LogP contribution is -2.43. The van der Waals surface area contributed by atoms with Gasteiger partial charge in [0, 0.05) is 38.1 Å². The largest absolute Gasteiger partial charge is 0.381 e. The van der Waals surface area contributed by atoms with Gasteiger partial charge in [0.05, 0.1) is 13.2 Å². The van der Waals surface area contributed by atoms with E-state index in [4.69, 9.17) is 4.74 Å². The van der Waals surface area contributed by atoms with Crippen LogP contribution in [0.5, 0.6) is 0 Å². The Kier molecular flexibility index (Phi) is 4.68. The maximum Gasteiger partial charge on any atom is 0.242 e. The van der Waals surface area contributed by atoms with Gasteiger partial charge in [-0.2, -0.15) is 0 Å². The molecule has 1 spiro atoms. The summed E-state index contributed by atoms with van der Waals surface area (Å²) in [6.45, 7) is 7.11. The third-order valence-electron chi connectivity index (χ3n) is 4.44. The molecular formula is C15H26N2O3. The van der Waals surface area contributed by atoms with E-state index < -0.39 is 0 Å². The van der Waals surface area contributed by atoms with Crippen molar-refractivity contribution in [3.8, 4) is 0 Å². The summed E-state index contributed by atoms with van der Waals surface area (Å²) >= 11 is 0. The number of likely N-dealkylation sites (tertiary alicyclic amines) is 1. The molecule has 0 saturated carbocycles. The van der Waals surface area contributed by atoms with Gasteiger partial charge in [0.2, 0.25) is 11.8 Å². The Morgan fingerprint density at radius 3 is 2.70 bits per heavy atom. The van der Waals surface area contributed by atoms with Crippen molar-refractivity contribution >= 4 is 11.8 Å². The monoisotopic (exact) mass is 282 g/mol. The van der Waals surface area contributed by atoms with Gasteiger partial charge in [-0.1, -0.05) is 13.8 Å². The zero-order valence-corrected chi connectivity index (χ0v) is 12.9. The van der Waals surface area contributed by atoms with Gasteiger partial charge in [0.15, 0.2) is 0 Å². The van der Waals surface area contributed by atoms with Crippen molar-refractivity contribution in [1.82, 2.24) is 9.80 Å². The van der Waals surface area contributed by atoms with Crippen molar-refractivity contribution < 1.29 is 14.3 Å². The van der Waals surface area contributed by atoms with Crippen LogP contribution in [-0.4, -0.2) is 61.5 Å². The minimum absolute atomic E-state index is 0.0215. The number of rotatable bonds is 3. The summed E-state index contributed by atoms with van der Waals surface area (Å²) in [6.07, 6.45) is 3.27. The third-order valence-corrected chi connectivity index (χ3v) is 4.44. The SMILES string of the molecule is CC(C)C(=O)N(C)CC(=O)N1CCC2(CCCOC2)C1. The van der Waals surface area contributed by atoms with Crippen molar-refractivity contribution in [1.29, 1.82) is 0 Å². The van der Waals surface area contributed by atoms with Gasteiger partial charge in [0.25, 0.3) is 0 Å². The smallest absolute Gasteiger partial charge is 0.242 e. The lowest BCUT2D eigenvalue weighted by molar-refractivity contribution is -0.141. The number of hydrogen-bond acceptors (Lipinski definition) is 3. The average Bonchev–Trinajstić information content (AvgIpc) is 2.82. The first kappa shape index (κ1) is 15.3. The van der Waals surface area contributed by atoms with Gasteiger partial charge < -0.3 is 14.5 Å². The maximum absolute atomic E-state index is 12.3. The molecule has 0 bridgehead atoms. The molecule has 20 heavy (non-hydrogen) atoms. The van der Waals surface area contributed by atoms with Crippen molar-refractivity contribution in [2.75, 3.05) is 39.9 Å². The molecule has 114 valence electrons. The number of nitrogens with zero attached hydrogens (tertiary/aromatic N) is 2. The Morgan fingerprint density at radius 1 is 1.35 bits per heavy atom. The van der Waals surface area contributed by atoms with Crippen LogP contribution in [0.25, 0.3) is 0 Å². The molecule has 0 aliphatic carbocycles. The van der Waals surface area contributed by atoms with Gasteiger partial charge in [0.1, 0.15) is 0 Å². The molecule has 0 radical (unpaired) electrons. The second-order valence-electron chi connectivity index (χ2n) is 6.57. The van der Waals surface area contributed by atoms with Crippen LogP contribution in [0, 0.1) is 11.3 Å². The Balaban J connectivity index is 1.86. The molecule has 0 aromatic heterocycles. The Hall–Kier alpha value is -1.10. The quantitative estimate of drug-likeness (QED) is 0.779. The van der Waals surface area contributed by atoms with Gasteiger partial charge in [-0.3, -0.25) is 9.59 Å². The molecule has 0 aromatic carbocycles. The summed E-state index contributed by atoms with van der Waals surface area (Å²) in [5.41, 5.74) is 0.175. The van der Waals surface area contributed by atoms with Crippen molar-refractivity contribution in [2.45, 2.75) is 33.1 Å². The van der Waals surface area contributed by atoms with Crippen LogP contribution in [0.4, 0.5) is 0 Å². The highest BCUT2D eigenvalue weighted by atomic mass is 16.5. The van der Waals surface area contributed by atoms with E-state index in [1.54, 1.807) is 7.05 Å². The number of amides is 2. The molecule has 2 heterocycles. The summed E-state index contributed by atoms with van der Waals surface area (Å²) in [7, 11) is 1.70. The maximum atomic E-state index is 12.3. The summed E-state index contributed by atoms with van der Waals surface area (Å²) in [6, 6.07) is 0. The molecule has 5 nitrogen and oxygen atoms in total. The van der Waals surface area contributed by atoms with Gasteiger partial charge in [-0.05, 0) is 19.3 Å². The van der Waals surface area contributed by atoms with Crippen LogP contribution < -0.4 is 0 Å². The standard InChI is InChI=1S/C15H26N2O3/c1-12(2)14(19)16(3)9-13(18)17-7-6-15(10-17)5-4-8-20-11-15/h12H,4-11H2,1-3H3. The van der Waals surface area contributed by atoms with E-state index in [-0.39, 0.29) is 29.7 Å². The lowest BCUT2D eigenvalue weighted by atomic mass is 9.82. The summed E-state index contributed by atoms with van der Waals surface area (Å²) in [4.78, 5) is 27.6. The topological polar surface area (TPSA) is 49.9 Å². The van der Waals surface area contributed by atoms with E-state index >= 15 is 0 Å². The number of carbonyl (C=O) groups excluding carboxylic acids is 2. The van der Waals surface area contributed by atoms with Crippen molar-refractivity contribution in [3.05, 3.63) is 0 Å². The minimum atomic E-state index is -0.0653. The molecule has 2 aliphatic rings. The van der Waals surface area contributed by atoms with E-state index in [2.05, 4.69) is 0 Å². The number of hydrogen-bond donors (Lipinski definition) is 0. The summed E-state index contributed by atoms with van der Waals surface area (Å²) in [5.74, 6) is 0.0154. The van der Waals surface area contributed by atoms with Gasteiger partial charge in [-0.25, -0.2) is 0 Å². The fraction of sp³-hybridized carbons (Fsp3) is 0.867. The van der Waals surface area contributed by atoms with Crippen molar-refractivity contribution in [3.63, 3.8) is 0 Å². The van der Waals surface area contributed by atoms with Crippen LogP contribution in [0.15, 0.2) is 0 Å². The van der Waals surface area contributed by atoms with Gasteiger partial charge >= 0.3 is 0 Å². The van der Waals surface area contributed by atoms with E-state index in [9.17, 15) is 9.59 Å². The van der Waals surface area contributed by atoms with E-state index in [1.807, 2.05) is 18.7 Å². The van der Waals surface area contributed by atoms with Crippen LogP contribution in [0.1, 0.15) is 33.1 Å². The highest BCUT2D eigenvalue weighted by Crippen LogP contribution is 2.37. The highest BCUT2D eigenvalue weighted by Gasteiger charge is 2.41. The molecule has 2 amide bonds. The fourth-order valence-corrected chi connectivity index (χ4v) is 3.20. The number of likely N-dealkylation sites (N-methyl/N-ethyl adjacent to an activating group) is 1. The molecule has 1 atom stereocenters. The molecule has 0 aromatic rings. The Labute approximate surface area is 121 Å². The second-order valence-corrected chi connectivity index (χ2v) is 6.57. The lowest BCUT2D eigenvalue weighted by Gasteiger charge is -2.33. The van der Waals surface area contributed by atoms with E-state index in [0.717, 1.165) is 45.6 Å². The van der Waals surface area contributed by atoms with Crippen molar-refractivity contribution in [2.24, 2.45) is 11.3 Å². The molecule has 2 fully saturated rings. The normalized spacial score (nSPS) is 26.3.